The number of benzene rings is 6. The molecule has 11 rings (SSSR count). The second-order valence-corrected chi connectivity index (χ2v) is 21.3. The molecule has 0 aliphatic heterocycles. The molecule has 0 aliphatic carbocycles. The zero-order chi connectivity index (χ0) is 50.7. The van der Waals surface area contributed by atoms with Crippen LogP contribution in [0.15, 0.2) is 138 Å². The Balaban J connectivity index is 0.000000195. The smallest absolute Gasteiger partial charge is 0.216 e. The molecule has 0 saturated heterocycles. The Kier molecular flexibility index (Phi) is 14.0. The fraction of sp³-hybridized carbons (Fsp3) is 0.242. The van der Waals surface area contributed by atoms with Crippen LogP contribution in [0, 0.1) is 53.7 Å². The fourth-order valence-electron chi connectivity index (χ4n) is 10.2. The molecule has 0 atom stereocenters. The van der Waals surface area contributed by atoms with Crippen molar-refractivity contribution in [3.63, 3.8) is 0 Å². The fourth-order valence-corrected chi connectivity index (χ4v) is 10.2. The molecule has 1 radical (unpaired) electrons. The standard InChI is InChI=1S/C40H36N3O.C26H27N2.Ir/c1-22-18-35-27(13-15-34(43-35)37-23(2)16-28(17-24(37)3)40(6,7)8)19-32(22)33-20-36(41-21-25(33)4)31-11-9-10-29-30-14-12-26(5)42-39(30)44-38(29)31;1-17(2)21-9-8-10-22(18(3)4)25(21)28-24-12-7-6-11-23(24)27-26(28)20-15-13-19(5)14-16-20;/h9-10,12-21H,1-8H3;6-15,17-18H,1-5H3;/q2*-1;. The minimum atomic E-state index is 0. The summed E-state index contributed by atoms with van der Waals surface area (Å²) in [7, 11) is 0. The largest absolute Gasteiger partial charge is 0.486 e. The number of aromatic nitrogens is 5. The number of imidazole rings is 1. The summed E-state index contributed by atoms with van der Waals surface area (Å²) in [5.41, 5.74) is 24.1. The van der Waals surface area contributed by atoms with Crippen LogP contribution < -0.4 is 0 Å². The van der Waals surface area contributed by atoms with Crippen LogP contribution in [-0.2, 0) is 25.5 Å². The SMILES string of the molecule is Cc1c[c-]c(-c2nc3ccccc3n2-c2c(C(C)C)cccc2C(C)C)cc1.Cc1ccc2c(n1)oc1c(-c3cc(-c4cc5ccc(-c6c(C)cc(C(C)(C)C)cc6C)nc5cc4C)c(C)cn3)[c-]ccc12.[Ir]. The van der Waals surface area contributed by atoms with Gasteiger partial charge in [-0.05, 0) is 150 Å². The van der Waals surface area contributed by atoms with Gasteiger partial charge in [-0.3, -0.25) is 4.98 Å². The van der Waals surface area contributed by atoms with Crippen LogP contribution in [0.4, 0.5) is 0 Å². The Morgan fingerprint density at radius 1 is 0.603 bits per heavy atom. The topological polar surface area (TPSA) is 69.6 Å². The van der Waals surface area contributed by atoms with Gasteiger partial charge in [-0.2, -0.15) is 0 Å². The first-order chi connectivity index (χ1) is 34.4. The summed E-state index contributed by atoms with van der Waals surface area (Å²) in [5, 5.41) is 3.13. The molecule has 0 unspecified atom stereocenters. The zero-order valence-corrected chi connectivity index (χ0v) is 46.7. The van der Waals surface area contributed by atoms with E-state index in [9.17, 15) is 0 Å². The normalized spacial score (nSPS) is 11.8. The van der Waals surface area contributed by atoms with Crippen molar-refractivity contribution in [2.45, 2.75) is 107 Å². The number of rotatable bonds is 7. The van der Waals surface area contributed by atoms with Gasteiger partial charge >= 0.3 is 0 Å². The van der Waals surface area contributed by atoms with E-state index >= 15 is 0 Å². The van der Waals surface area contributed by atoms with Crippen molar-refractivity contribution in [3.05, 3.63) is 196 Å². The van der Waals surface area contributed by atoms with Gasteiger partial charge in [0.25, 0.3) is 0 Å². The van der Waals surface area contributed by atoms with Crippen LogP contribution in [0.2, 0.25) is 0 Å². The molecule has 0 spiro atoms. The molecule has 0 fully saturated rings. The minimum absolute atomic E-state index is 0. The van der Waals surface area contributed by atoms with E-state index in [1.54, 1.807) is 0 Å². The Hall–Kier alpha value is -7.05. The van der Waals surface area contributed by atoms with Gasteiger partial charge < -0.3 is 14.0 Å². The quantitative estimate of drug-likeness (QED) is 0.149. The number of hydrogen-bond acceptors (Lipinski definition) is 5. The molecule has 0 saturated carbocycles. The van der Waals surface area contributed by atoms with E-state index in [1.165, 1.54) is 55.8 Å². The van der Waals surface area contributed by atoms with Crippen LogP contribution in [0.3, 0.4) is 0 Å². The molecule has 0 aliphatic rings. The van der Waals surface area contributed by atoms with E-state index in [1.807, 2.05) is 37.4 Å². The summed E-state index contributed by atoms with van der Waals surface area (Å²) in [6.45, 7) is 28.6. The van der Waals surface area contributed by atoms with Gasteiger partial charge in [0.1, 0.15) is 0 Å². The number of hydrogen-bond donors (Lipinski definition) is 0. The van der Waals surface area contributed by atoms with Gasteiger partial charge in [-0.15, -0.1) is 53.6 Å². The first kappa shape index (κ1) is 50.9. The van der Waals surface area contributed by atoms with Crippen molar-refractivity contribution in [1.82, 2.24) is 24.5 Å². The van der Waals surface area contributed by atoms with Gasteiger partial charge in [0.05, 0.1) is 33.7 Å². The molecular weight excluding hydrogens is 1070 g/mol. The van der Waals surface area contributed by atoms with Gasteiger partial charge in [-0.1, -0.05) is 121 Å². The Morgan fingerprint density at radius 3 is 2.00 bits per heavy atom. The van der Waals surface area contributed by atoms with Crippen LogP contribution in [0.1, 0.15) is 111 Å². The molecule has 5 aromatic heterocycles. The maximum atomic E-state index is 6.27. The molecule has 369 valence electrons. The Bertz CT molecular complexity index is 3820. The summed E-state index contributed by atoms with van der Waals surface area (Å²) in [5.74, 6) is 1.80. The van der Waals surface area contributed by atoms with Crippen LogP contribution in [0.5, 0.6) is 0 Å². The van der Waals surface area contributed by atoms with Crippen LogP contribution in [0.25, 0.3) is 94.7 Å². The van der Waals surface area contributed by atoms with Gasteiger partial charge in [0.2, 0.25) is 5.71 Å². The van der Waals surface area contributed by atoms with Gasteiger partial charge in [0, 0.05) is 54.0 Å². The summed E-state index contributed by atoms with van der Waals surface area (Å²) < 4.78 is 8.62. The second-order valence-electron chi connectivity index (χ2n) is 21.3. The number of fused-ring (bicyclic) bond motifs is 5. The number of pyridine rings is 3. The molecule has 6 aromatic carbocycles. The maximum absolute atomic E-state index is 6.27. The van der Waals surface area contributed by atoms with E-state index < -0.39 is 0 Å². The number of aryl methyl sites for hydroxylation is 6. The third-order valence-corrected chi connectivity index (χ3v) is 14.1. The predicted molar refractivity (Wildman–Crippen MR) is 300 cm³/mol. The summed E-state index contributed by atoms with van der Waals surface area (Å²) in [6, 6.07) is 51.9. The van der Waals surface area contributed by atoms with E-state index in [-0.39, 0.29) is 25.5 Å². The summed E-state index contributed by atoms with van der Waals surface area (Å²) in [6.07, 6.45) is 1.94. The number of nitrogens with zero attached hydrogens (tertiary/aromatic N) is 5. The third kappa shape index (κ3) is 9.69. The molecular formula is C66H63IrN5O-2. The van der Waals surface area contributed by atoms with Crippen LogP contribution in [-0.4, -0.2) is 24.5 Å². The van der Waals surface area contributed by atoms with Crippen LogP contribution >= 0.6 is 0 Å². The zero-order valence-electron chi connectivity index (χ0n) is 44.3. The Labute approximate surface area is 444 Å². The van der Waals surface area contributed by atoms with E-state index in [4.69, 9.17) is 19.4 Å². The molecule has 7 heteroatoms. The van der Waals surface area contributed by atoms with E-state index in [0.717, 1.165) is 83.5 Å². The summed E-state index contributed by atoms with van der Waals surface area (Å²) >= 11 is 0. The number of para-hydroxylation sites is 3. The van der Waals surface area contributed by atoms with Gasteiger partial charge in [-0.25, -0.2) is 9.97 Å². The summed E-state index contributed by atoms with van der Waals surface area (Å²) in [4.78, 5) is 19.6. The van der Waals surface area contributed by atoms with E-state index in [0.29, 0.717) is 17.5 Å². The molecule has 0 N–H and O–H groups in total. The number of furan rings is 1. The molecule has 0 bridgehead atoms. The monoisotopic (exact) mass is 1130 g/mol. The molecule has 11 aromatic rings. The van der Waals surface area contributed by atoms with Crippen molar-refractivity contribution in [3.8, 4) is 50.7 Å². The average molecular weight is 1130 g/mol. The van der Waals surface area contributed by atoms with Crippen molar-refractivity contribution in [2.75, 3.05) is 0 Å². The molecule has 0 amide bonds. The maximum Gasteiger partial charge on any atom is 0.216 e. The van der Waals surface area contributed by atoms with Gasteiger partial charge in [0.15, 0.2) is 0 Å². The average Bonchev–Trinajstić information content (AvgIpc) is 3.92. The minimum Gasteiger partial charge on any atom is -0.486 e. The second kappa shape index (κ2) is 20.1. The van der Waals surface area contributed by atoms with Crippen molar-refractivity contribution >= 4 is 44.0 Å². The molecule has 6 nitrogen and oxygen atoms in total. The predicted octanol–water partition coefficient (Wildman–Crippen LogP) is 17.6. The van der Waals surface area contributed by atoms with Crippen molar-refractivity contribution in [2.24, 2.45) is 0 Å². The van der Waals surface area contributed by atoms with Crippen molar-refractivity contribution < 1.29 is 24.5 Å². The molecule has 5 heterocycles. The first-order valence-corrected chi connectivity index (χ1v) is 25.3. The van der Waals surface area contributed by atoms with E-state index in [2.05, 4.69) is 208 Å². The van der Waals surface area contributed by atoms with Crippen molar-refractivity contribution in [1.29, 1.82) is 0 Å². The third-order valence-electron chi connectivity index (χ3n) is 14.1. The first-order valence-electron chi connectivity index (χ1n) is 25.3. The molecule has 73 heavy (non-hydrogen) atoms. The Morgan fingerprint density at radius 2 is 1.32 bits per heavy atom.